The molecule has 0 aliphatic carbocycles. The molecule has 6 heteroatoms. The molecule has 1 aliphatic rings. The van der Waals surface area contributed by atoms with Crippen LogP contribution in [-0.2, 0) is 0 Å². The molecule has 1 aliphatic heterocycles. The van der Waals surface area contributed by atoms with Crippen LogP contribution >= 0.6 is 15.9 Å². The van der Waals surface area contributed by atoms with Crippen LogP contribution in [0, 0.1) is 16.0 Å². The fraction of sp³-hybridized carbons (Fsp3) is 0.571. The molecule has 0 aromatic heterocycles. The minimum Gasteiger partial charge on any atom is -0.491 e. The molecule has 1 aromatic carbocycles. The van der Waals surface area contributed by atoms with Gasteiger partial charge in [-0.1, -0.05) is 6.92 Å². The number of hydrogen-bond acceptors (Lipinski definition) is 4. The lowest BCUT2D eigenvalue weighted by Gasteiger charge is -2.30. The van der Waals surface area contributed by atoms with E-state index < -0.39 is 4.92 Å². The van der Waals surface area contributed by atoms with E-state index in [9.17, 15) is 10.1 Å². The van der Waals surface area contributed by atoms with Crippen LogP contribution in [-0.4, -0.2) is 36.1 Å². The molecular weight excluding hydrogens is 324 g/mol. The van der Waals surface area contributed by atoms with Gasteiger partial charge in [0.25, 0.3) is 5.69 Å². The highest BCUT2D eigenvalue weighted by Gasteiger charge is 2.16. The lowest BCUT2D eigenvalue weighted by molar-refractivity contribution is -0.385. The molecule has 1 heterocycles. The van der Waals surface area contributed by atoms with E-state index in [4.69, 9.17) is 4.74 Å². The van der Waals surface area contributed by atoms with Crippen LogP contribution in [0.5, 0.6) is 5.75 Å². The number of ether oxygens (including phenoxy) is 1. The Morgan fingerprint density at radius 2 is 2.35 bits per heavy atom. The zero-order valence-corrected chi connectivity index (χ0v) is 13.1. The second kappa shape index (κ2) is 7.04. The molecule has 110 valence electrons. The Bertz CT molecular complexity index is 481. The minimum atomic E-state index is -0.413. The van der Waals surface area contributed by atoms with Crippen molar-refractivity contribution in [3.05, 3.63) is 32.8 Å². The van der Waals surface area contributed by atoms with Crippen molar-refractivity contribution >= 4 is 21.6 Å². The molecule has 5 nitrogen and oxygen atoms in total. The van der Waals surface area contributed by atoms with Gasteiger partial charge in [0.2, 0.25) is 0 Å². The summed E-state index contributed by atoms with van der Waals surface area (Å²) in [6, 6.07) is 4.57. The molecule has 0 amide bonds. The highest BCUT2D eigenvalue weighted by molar-refractivity contribution is 9.10. The molecule has 2 rings (SSSR count). The topological polar surface area (TPSA) is 55.6 Å². The molecular formula is C14H19BrN2O3. The molecule has 0 N–H and O–H groups in total. The molecule has 1 fully saturated rings. The molecule has 1 saturated heterocycles. The lowest BCUT2D eigenvalue weighted by Crippen LogP contribution is -2.37. The third-order valence-electron chi connectivity index (χ3n) is 3.53. The van der Waals surface area contributed by atoms with Crippen LogP contribution < -0.4 is 4.74 Å². The van der Waals surface area contributed by atoms with Gasteiger partial charge in [0, 0.05) is 25.2 Å². The highest BCUT2D eigenvalue weighted by atomic mass is 79.9. The second-order valence-electron chi connectivity index (χ2n) is 5.27. The van der Waals surface area contributed by atoms with Gasteiger partial charge >= 0.3 is 0 Å². The molecule has 20 heavy (non-hydrogen) atoms. The number of hydrogen-bond donors (Lipinski definition) is 0. The second-order valence-corrected chi connectivity index (χ2v) is 6.12. The van der Waals surface area contributed by atoms with E-state index in [2.05, 4.69) is 27.8 Å². The van der Waals surface area contributed by atoms with Gasteiger partial charge in [-0.3, -0.25) is 15.0 Å². The maximum Gasteiger partial charge on any atom is 0.270 e. The third-order valence-corrected chi connectivity index (χ3v) is 4.15. The maximum atomic E-state index is 10.7. The van der Waals surface area contributed by atoms with Crippen LogP contribution in [0.2, 0.25) is 0 Å². The van der Waals surface area contributed by atoms with Crippen molar-refractivity contribution in [2.75, 3.05) is 26.2 Å². The molecule has 0 radical (unpaired) electrons. The Morgan fingerprint density at radius 3 is 3.00 bits per heavy atom. The minimum absolute atomic E-state index is 0.0640. The Hall–Kier alpha value is -1.14. The number of likely N-dealkylation sites (tertiary alicyclic amines) is 1. The number of rotatable bonds is 5. The van der Waals surface area contributed by atoms with Gasteiger partial charge in [-0.25, -0.2) is 0 Å². The van der Waals surface area contributed by atoms with E-state index in [-0.39, 0.29) is 5.69 Å². The van der Waals surface area contributed by atoms with Gasteiger partial charge in [-0.2, -0.15) is 0 Å². The average molecular weight is 343 g/mol. The number of halogens is 1. The van der Waals surface area contributed by atoms with Crippen LogP contribution in [0.4, 0.5) is 5.69 Å². The molecule has 1 atom stereocenters. The Balaban J connectivity index is 1.83. The number of nitro groups is 1. The lowest BCUT2D eigenvalue weighted by atomic mass is 10.0. The molecule has 0 saturated carbocycles. The van der Waals surface area contributed by atoms with E-state index in [0.717, 1.165) is 25.6 Å². The quantitative estimate of drug-likeness (QED) is 0.607. The first-order valence-corrected chi connectivity index (χ1v) is 7.64. The van der Waals surface area contributed by atoms with Crippen molar-refractivity contribution in [1.29, 1.82) is 0 Å². The number of benzene rings is 1. The van der Waals surface area contributed by atoms with E-state index in [1.807, 2.05) is 0 Å². The number of nitro benzene ring substituents is 1. The summed E-state index contributed by atoms with van der Waals surface area (Å²) in [5.74, 6) is 1.41. The molecule has 1 aromatic rings. The normalized spacial score (nSPS) is 19.8. The van der Waals surface area contributed by atoms with Gasteiger partial charge in [-0.15, -0.1) is 0 Å². The number of piperidine rings is 1. The summed E-state index contributed by atoms with van der Waals surface area (Å²) in [5.41, 5.74) is 0.0640. The first-order chi connectivity index (χ1) is 9.56. The zero-order chi connectivity index (χ0) is 14.5. The van der Waals surface area contributed by atoms with Crippen LogP contribution in [0.3, 0.4) is 0 Å². The van der Waals surface area contributed by atoms with E-state index in [1.54, 1.807) is 6.07 Å². The summed E-state index contributed by atoms with van der Waals surface area (Å²) in [6.45, 7) is 6.04. The summed E-state index contributed by atoms with van der Waals surface area (Å²) >= 11 is 3.31. The van der Waals surface area contributed by atoms with Crippen molar-refractivity contribution in [3.63, 3.8) is 0 Å². The zero-order valence-electron chi connectivity index (χ0n) is 11.5. The summed E-state index contributed by atoms with van der Waals surface area (Å²) < 4.78 is 6.32. The standard InChI is InChI=1S/C14H19BrN2O3/c1-11-3-2-6-16(10-11)7-8-20-14-5-4-12(17(18)19)9-13(14)15/h4-5,9,11H,2-3,6-8,10H2,1H3. The van der Waals surface area contributed by atoms with Crippen molar-refractivity contribution in [2.45, 2.75) is 19.8 Å². The van der Waals surface area contributed by atoms with Crippen LogP contribution in [0.15, 0.2) is 22.7 Å². The fourth-order valence-electron chi connectivity index (χ4n) is 2.49. The van der Waals surface area contributed by atoms with Crippen molar-refractivity contribution in [2.24, 2.45) is 5.92 Å². The predicted molar refractivity (Wildman–Crippen MR) is 81.1 cm³/mol. The third kappa shape index (κ3) is 4.18. The van der Waals surface area contributed by atoms with Gasteiger partial charge in [0.05, 0.1) is 9.40 Å². The highest BCUT2D eigenvalue weighted by Crippen LogP contribution is 2.29. The van der Waals surface area contributed by atoms with Gasteiger partial charge in [0.15, 0.2) is 0 Å². The summed E-state index contributed by atoms with van der Waals surface area (Å²) in [7, 11) is 0. The first kappa shape index (κ1) is 15.3. The maximum absolute atomic E-state index is 10.7. The van der Waals surface area contributed by atoms with Crippen molar-refractivity contribution in [3.8, 4) is 5.75 Å². The molecule has 1 unspecified atom stereocenters. The predicted octanol–water partition coefficient (Wildman–Crippen LogP) is 3.47. The monoisotopic (exact) mass is 342 g/mol. The smallest absolute Gasteiger partial charge is 0.270 e. The summed E-state index contributed by atoms with van der Waals surface area (Å²) in [4.78, 5) is 12.7. The Morgan fingerprint density at radius 1 is 1.55 bits per heavy atom. The van der Waals surface area contributed by atoms with E-state index in [0.29, 0.717) is 16.8 Å². The summed E-state index contributed by atoms with van der Waals surface area (Å²) in [5, 5.41) is 10.7. The fourth-order valence-corrected chi connectivity index (χ4v) is 2.98. The average Bonchev–Trinajstić information content (AvgIpc) is 2.40. The largest absolute Gasteiger partial charge is 0.491 e. The van der Waals surface area contributed by atoms with Gasteiger partial charge in [-0.05, 0) is 47.3 Å². The van der Waals surface area contributed by atoms with E-state index >= 15 is 0 Å². The van der Waals surface area contributed by atoms with E-state index in [1.165, 1.54) is 25.0 Å². The Kier molecular flexibility index (Phi) is 5.37. The summed E-state index contributed by atoms with van der Waals surface area (Å²) in [6.07, 6.45) is 2.56. The van der Waals surface area contributed by atoms with Crippen molar-refractivity contribution < 1.29 is 9.66 Å². The first-order valence-electron chi connectivity index (χ1n) is 6.85. The van der Waals surface area contributed by atoms with Crippen LogP contribution in [0.25, 0.3) is 0 Å². The Labute approximate surface area is 127 Å². The number of non-ortho nitro benzene ring substituents is 1. The number of nitrogens with zero attached hydrogens (tertiary/aromatic N) is 2. The molecule has 0 spiro atoms. The van der Waals surface area contributed by atoms with Crippen molar-refractivity contribution in [1.82, 2.24) is 4.90 Å². The van der Waals surface area contributed by atoms with Gasteiger partial charge < -0.3 is 4.74 Å². The van der Waals surface area contributed by atoms with Crippen LogP contribution in [0.1, 0.15) is 19.8 Å². The SMILES string of the molecule is CC1CCCN(CCOc2ccc([N+](=O)[O-])cc2Br)C1. The van der Waals surface area contributed by atoms with Gasteiger partial charge in [0.1, 0.15) is 12.4 Å². The molecule has 0 bridgehead atoms.